The van der Waals surface area contributed by atoms with Gasteiger partial charge in [0.25, 0.3) is 6.69 Å². The largest absolute Gasteiger partial charge is 0.379 e. The Morgan fingerprint density at radius 3 is 1.95 bits per heavy atom. The first-order valence-electron chi connectivity index (χ1n) is 8.09. The van der Waals surface area contributed by atoms with Crippen LogP contribution in [0.25, 0.3) is 0 Å². The van der Waals surface area contributed by atoms with Crippen molar-refractivity contribution in [1.29, 1.82) is 0 Å². The van der Waals surface area contributed by atoms with E-state index in [1.54, 1.807) is 0 Å². The van der Waals surface area contributed by atoms with Crippen LogP contribution in [-0.2, 0) is 14.2 Å². The van der Waals surface area contributed by atoms with E-state index in [1.807, 2.05) is 6.92 Å². The Kier molecular flexibility index (Phi) is 14.7. The predicted molar refractivity (Wildman–Crippen MR) is 93.9 cm³/mol. The van der Waals surface area contributed by atoms with Crippen molar-refractivity contribution >= 4 is 28.9 Å². The van der Waals surface area contributed by atoms with Crippen molar-refractivity contribution < 1.29 is 14.2 Å². The van der Waals surface area contributed by atoms with E-state index >= 15 is 0 Å². The molecule has 0 aromatic carbocycles. The molecule has 0 rings (SSSR count). The van der Waals surface area contributed by atoms with Gasteiger partial charge in [-0.25, -0.2) is 0 Å². The van der Waals surface area contributed by atoms with E-state index in [-0.39, 0.29) is 0 Å². The van der Waals surface area contributed by atoms with Gasteiger partial charge < -0.3 is 14.2 Å². The van der Waals surface area contributed by atoms with Crippen molar-refractivity contribution in [2.75, 3.05) is 39.6 Å². The summed E-state index contributed by atoms with van der Waals surface area (Å²) < 4.78 is 16.1. The molecule has 0 amide bonds. The van der Waals surface area contributed by atoms with Crippen LogP contribution in [0.1, 0.15) is 40.0 Å². The zero-order valence-corrected chi connectivity index (χ0v) is 16.3. The highest BCUT2D eigenvalue weighted by molar-refractivity contribution is 7.45. The fourth-order valence-electron chi connectivity index (χ4n) is 2.05. The summed E-state index contributed by atoms with van der Waals surface area (Å²) in [7, 11) is 0. The molecule has 3 nitrogen and oxygen atoms in total. The van der Waals surface area contributed by atoms with Gasteiger partial charge in [-0.1, -0.05) is 26.7 Å². The van der Waals surface area contributed by atoms with Gasteiger partial charge in [-0.15, -0.1) is 22.2 Å². The summed E-state index contributed by atoms with van der Waals surface area (Å²) in [6.45, 7) is 8.48. The fourth-order valence-corrected chi connectivity index (χ4v) is 6.87. The van der Waals surface area contributed by atoms with Crippen LogP contribution in [0, 0.1) is 5.92 Å². The Morgan fingerprint density at radius 2 is 1.38 bits per heavy atom. The summed E-state index contributed by atoms with van der Waals surface area (Å²) in [4.78, 5) is 0. The highest BCUT2D eigenvalue weighted by Gasteiger charge is 2.28. The second kappa shape index (κ2) is 14.3. The normalized spacial score (nSPS) is 12.3. The molecule has 0 radical (unpaired) electrons. The Bertz CT molecular complexity index is 229. The maximum Gasteiger partial charge on any atom is 0.251 e. The number of rotatable bonds is 15. The minimum Gasteiger partial charge on any atom is -0.379 e. The molecule has 0 aliphatic heterocycles. The van der Waals surface area contributed by atoms with E-state index in [4.69, 9.17) is 36.4 Å². The van der Waals surface area contributed by atoms with E-state index in [1.165, 1.54) is 0 Å². The lowest BCUT2D eigenvalue weighted by Gasteiger charge is -2.18. The predicted octanol–water partition coefficient (Wildman–Crippen LogP) is 4.80. The lowest BCUT2D eigenvalue weighted by atomic mass is 10.3. The highest BCUT2D eigenvalue weighted by atomic mass is 35.7. The Morgan fingerprint density at radius 1 is 0.810 bits per heavy atom. The van der Waals surface area contributed by atoms with Crippen molar-refractivity contribution in [3.63, 3.8) is 0 Å². The van der Waals surface area contributed by atoms with Crippen LogP contribution >= 0.6 is 22.2 Å². The Labute approximate surface area is 141 Å². The number of halogens is 2. The number of unbranched alkanes of at least 4 members (excludes halogenated alkanes) is 2. The van der Waals surface area contributed by atoms with Crippen LogP contribution in [0.5, 0.6) is 0 Å². The second-order valence-electron chi connectivity index (χ2n) is 5.69. The minimum atomic E-state index is -1.99. The summed E-state index contributed by atoms with van der Waals surface area (Å²) in [6, 6.07) is 1.99. The standard InChI is InChI=1S/C15H32Cl2O3Si/c1-4-18-9-10-20-12-11-19-8-6-5-7-13-21(16,17)14-15(2)3/h15H,4-14H2,1-3H3. The zero-order chi connectivity index (χ0) is 16.0. The van der Waals surface area contributed by atoms with Crippen LogP contribution in [0.15, 0.2) is 0 Å². The SMILES string of the molecule is CCOCCOCCOCCCCC[Si](Cl)(Cl)CC(C)C. The maximum absolute atomic E-state index is 6.41. The van der Waals surface area contributed by atoms with E-state index < -0.39 is 6.69 Å². The average molecular weight is 359 g/mol. The van der Waals surface area contributed by atoms with E-state index in [0.29, 0.717) is 32.3 Å². The highest BCUT2D eigenvalue weighted by Crippen LogP contribution is 2.31. The third-order valence-corrected chi connectivity index (χ3v) is 7.54. The molecule has 0 N–H and O–H groups in total. The van der Waals surface area contributed by atoms with E-state index in [0.717, 1.165) is 44.6 Å². The van der Waals surface area contributed by atoms with Crippen molar-refractivity contribution in [3.05, 3.63) is 0 Å². The zero-order valence-electron chi connectivity index (χ0n) is 13.8. The molecule has 0 saturated carbocycles. The first-order valence-corrected chi connectivity index (χ1v) is 12.5. The molecule has 0 saturated heterocycles. The van der Waals surface area contributed by atoms with Crippen LogP contribution in [0.3, 0.4) is 0 Å². The van der Waals surface area contributed by atoms with Crippen LogP contribution in [0.2, 0.25) is 12.1 Å². The third-order valence-electron chi connectivity index (χ3n) is 2.99. The molecule has 0 aliphatic carbocycles. The van der Waals surface area contributed by atoms with E-state index in [9.17, 15) is 0 Å². The fraction of sp³-hybridized carbons (Fsp3) is 1.00. The summed E-state index contributed by atoms with van der Waals surface area (Å²) in [5.74, 6) is 0.595. The van der Waals surface area contributed by atoms with E-state index in [2.05, 4.69) is 13.8 Å². The van der Waals surface area contributed by atoms with Crippen molar-refractivity contribution in [2.24, 2.45) is 5.92 Å². The first kappa shape index (κ1) is 21.7. The second-order valence-corrected chi connectivity index (χ2v) is 13.2. The average Bonchev–Trinajstić information content (AvgIpc) is 2.38. The summed E-state index contributed by atoms with van der Waals surface area (Å²) in [6.07, 6.45) is 3.32. The van der Waals surface area contributed by atoms with Gasteiger partial charge in [0, 0.05) is 13.2 Å². The molecule has 0 heterocycles. The lowest BCUT2D eigenvalue weighted by Crippen LogP contribution is -2.20. The number of hydrogen-bond donors (Lipinski definition) is 0. The van der Waals surface area contributed by atoms with Gasteiger partial charge in [0.2, 0.25) is 0 Å². The molecular formula is C15H32Cl2O3Si. The van der Waals surface area contributed by atoms with Crippen molar-refractivity contribution in [1.82, 2.24) is 0 Å². The maximum atomic E-state index is 6.41. The molecular weight excluding hydrogens is 327 g/mol. The molecule has 0 atom stereocenters. The molecule has 0 bridgehead atoms. The lowest BCUT2D eigenvalue weighted by molar-refractivity contribution is 0.0163. The summed E-state index contributed by atoms with van der Waals surface area (Å²) in [5.41, 5.74) is 0. The molecule has 0 aliphatic rings. The molecule has 21 heavy (non-hydrogen) atoms. The van der Waals surface area contributed by atoms with Crippen LogP contribution < -0.4 is 0 Å². The van der Waals surface area contributed by atoms with Crippen molar-refractivity contribution in [2.45, 2.75) is 52.1 Å². The van der Waals surface area contributed by atoms with Gasteiger partial charge in [-0.2, -0.15) is 0 Å². The van der Waals surface area contributed by atoms with Gasteiger partial charge in [0.15, 0.2) is 0 Å². The molecule has 0 aromatic heterocycles. The summed E-state index contributed by atoms with van der Waals surface area (Å²) >= 11 is 12.8. The molecule has 6 heteroatoms. The number of ether oxygens (including phenoxy) is 3. The van der Waals surface area contributed by atoms with Gasteiger partial charge in [-0.05, 0) is 31.4 Å². The van der Waals surface area contributed by atoms with Crippen LogP contribution in [0.4, 0.5) is 0 Å². The summed E-state index contributed by atoms with van der Waals surface area (Å²) in [5, 5.41) is 0. The van der Waals surface area contributed by atoms with Gasteiger partial charge in [0.05, 0.1) is 26.4 Å². The topological polar surface area (TPSA) is 27.7 Å². The Balaban J connectivity index is 3.22. The van der Waals surface area contributed by atoms with Crippen LogP contribution in [-0.4, -0.2) is 46.3 Å². The molecule has 0 aromatic rings. The monoisotopic (exact) mass is 358 g/mol. The van der Waals surface area contributed by atoms with Gasteiger partial charge >= 0.3 is 0 Å². The Hall–Kier alpha value is 0.677. The molecule has 128 valence electrons. The smallest absolute Gasteiger partial charge is 0.251 e. The molecule has 0 spiro atoms. The third kappa shape index (κ3) is 16.9. The van der Waals surface area contributed by atoms with Gasteiger partial charge in [0.1, 0.15) is 0 Å². The first-order chi connectivity index (χ1) is 9.98. The molecule has 0 fully saturated rings. The minimum absolute atomic E-state index is 0.595. The van der Waals surface area contributed by atoms with Crippen molar-refractivity contribution in [3.8, 4) is 0 Å². The number of hydrogen-bond acceptors (Lipinski definition) is 3. The molecule has 0 unspecified atom stereocenters. The quantitative estimate of drug-likeness (QED) is 0.239. The van der Waals surface area contributed by atoms with Gasteiger partial charge in [-0.3, -0.25) is 0 Å².